The van der Waals surface area contributed by atoms with Gasteiger partial charge in [-0.25, -0.2) is 0 Å². The standard InChI is InChI=1S/C16H3F27O6/c17-4(18,19)1(2(44)48-7(13(32,33)34,14(35,36)37)5(46,9(20,21)22)10(23,24)25)3(45)49-8(15(38,39)40,16(41,42)43)6(47,11(26,27)28)12(29,30)31/h1,46-47H. The average Bonchev–Trinajstić information content (AvgIpc) is 2.72. The van der Waals surface area contributed by atoms with E-state index in [-0.39, 0.29) is 0 Å². The van der Waals surface area contributed by atoms with Gasteiger partial charge < -0.3 is 19.7 Å². The molecule has 0 aliphatic rings. The van der Waals surface area contributed by atoms with Crippen LogP contribution in [0, 0.1) is 5.92 Å². The van der Waals surface area contributed by atoms with Gasteiger partial charge in [0, 0.05) is 0 Å². The monoisotopic (exact) mass is 804 g/mol. The molecule has 33 heteroatoms. The quantitative estimate of drug-likeness (QED) is 0.177. The van der Waals surface area contributed by atoms with Gasteiger partial charge in [-0.1, -0.05) is 0 Å². The topological polar surface area (TPSA) is 93.1 Å². The molecule has 0 aromatic heterocycles. The summed E-state index contributed by atoms with van der Waals surface area (Å²) in [5.41, 5.74) is -35.8. The summed E-state index contributed by atoms with van der Waals surface area (Å²) in [6.07, 6.45) is -78.2. The number of esters is 2. The minimum Gasteiger partial charge on any atom is -0.435 e. The third-order valence-corrected chi connectivity index (χ3v) is 5.56. The molecule has 0 unspecified atom stereocenters. The van der Waals surface area contributed by atoms with E-state index >= 15 is 0 Å². The van der Waals surface area contributed by atoms with Gasteiger partial charge in [0.1, 0.15) is 0 Å². The lowest BCUT2D eigenvalue weighted by Crippen LogP contribution is -2.82. The molecule has 0 bridgehead atoms. The van der Waals surface area contributed by atoms with Crippen LogP contribution in [0.4, 0.5) is 119 Å². The number of alkyl halides is 27. The third kappa shape index (κ3) is 6.74. The molecule has 0 fully saturated rings. The molecule has 0 rings (SSSR count). The normalized spacial score (nSPS) is 16.2. The van der Waals surface area contributed by atoms with Crippen molar-refractivity contribution in [2.24, 2.45) is 5.92 Å². The lowest BCUT2D eigenvalue weighted by atomic mass is 9.78. The third-order valence-electron chi connectivity index (χ3n) is 5.56. The molecule has 6 nitrogen and oxygen atoms in total. The molecule has 2 N–H and O–H groups in total. The Kier molecular flexibility index (Phi) is 11.0. The van der Waals surface area contributed by atoms with Gasteiger partial charge in [0.2, 0.25) is 5.92 Å². The fourth-order valence-corrected chi connectivity index (χ4v) is 3.42. The molecule has 0 saturated heterocycles. The lowest BCUT2D eigenvalue weighted by molar-refractivity contribution is -0.497. The van der Waals surface area contributed by atoms with E-state index in [1.54, 1.807) is 0 Å². The first-order chi connectivity index (χ1) is 20.6. The van der Waals surface area contributed by atoms with Gasteiger partial charge in [-0.3, -0.25) is 9.59 Å². The van der Waals surface area contributed by atoms with Crippen LogP contribution in [-0.2, 0) is 19.1 Å². The lowest BCUT2D eigenvalue weighted by Gasteiger charge is -2.48. The smallest absolute Gasteiger partial charge is 0.435 e. The Bertz CT molecular complexity index is 1070. The summed E-state index contributed by atoms with van der Waals surface area (Å²) in [6, 6.07) is 0. The summed E-state index contributed by atoms with van der Waals surface area (Å²) in [5, 5.41) is 17.6. The Morgan fingerprint density at radius 1 is 0.347 bits per heavy atom. The maximum absolute atomic E-state index is 13.4. The number of aliphatic hydroxyl groups is 2. The van der Waals surface area contributed by atoms with Crippen molar-refractivity contribution in [1.82, 2.24) is 0 Å². The van der Waals surface area contributed by atoms with Gasteiger partial charge in [-0.2, -0.15) is 119 Å². The molecule has 0 aliphatic heterocycles. The second-order valence-electron chi connectivity index (χ2n) is 8.58. The van der Waals surface area contributed by atoms with E-state index in [4.69, 9.17) is 10.2 Å². The molecule has 292 valence electrons. The minimum absolute atomic E-state index is 1.53. The van der Waals surface area contributed by atoms with E-state index in [9.17, 15) is 128 Å². The van der Waals surface area contributed by atoms with Crippen LogP contribution < -0.4 is 0 Å². The van der Waals surface area contributed by atoms with Crippen molar-refractivity contribution in [3.05, 3.63) is 0 Å². The molecule has 0 saturated carbocycles. The number of ether oxygens (including phenoxy) is 2. The van der Waals surface area contributed by atoms with Crippen molar-refractivity contribution in [1.29, 1.82) is 0 Å². The van der Waals surface area contributed by atoms with E-state index in [0.29, 0.717) is 0 Å². The summed E-state index contributed by atoms with van der Waals surface area (Å²) in [7, 11) is 0. The van der Waals surface area contributed by atoms with Gasteiger partial charge in [0.25, 0.3) is 0 Å². The highest BCUT2D eigenvalue weighted by Gasteiger charge is 2.98. The zero-order valence-electron chi connectivity index (χ0n) is 20.8. The molecule has 0 atom stereocenters. The first-order valence-corrected chi connectivity index (χ1v) is 10.1. The average molecular weight is 804 g/mol. The van der Waals surface area contributed by atoms with Gasteiger partial charge >= 0.3 is 89.9 Å². The predicted molar refractivity (Wildman–Crippen MR) is 85.5 cm³/mol. The Labute approximate surface area is 245 Å². The van der Waals surface area contributed by atoms with Gasteiger partial charge in [0.15, 0.2) is 0 Å². The zero-order chi connectivity index (χ0) is 40.6. The van der Waals surface area contributed by atoms with Crippen LogP contribution in [0.15, 0.2) is 0 Å². The van der Waals surface area contributed by atoms with Crippen LogP contribution in [0.5, 0.6) is 0 Å². The Morgan fingerprint density at radius 2 is 0.510 bits per heavy atom. The van der Waals surface area contributed by atoms with Crippen molar-refractivity contribution >= 4 is 11.9 Å². The van der Waals surface area contributed by atoms with Gasteiger partial charge in [-0.15, -0.1) is 0 Å². The highest BCUT2D eigenvalue weighted by atomic mass is 19.5. The number of rotatable bonds is 6. The Morgan fingerprint density at radius 3 is 0.612 bits per heavy atom. The maximum atomic E-state index is 13.4. The largest absolute Gasteiger partial charge is 0.441 e. The van der Waals surface area contributed by atoms with E-state index < -0.39 is 95.8 Å². The second kappa shape index (κ2) is 11.8. The van der Waals surface area contributed by atoms with Crippen molar-refractivity contribution in [3.8, 4) is 0 Å². The number of hydrogen-bond donors (Lipinski definition) is 2. The van der Waals surface area contributed by atoms with Gasteiger partial charge in [0.05, 0.1) is 0 Å². The maximum Gasteiger partial charge on any atom is 0.441 e. The van der Waals surface area contributed by atoms with Crippen molar-refractivity contribution in [3.63, 3.8) is 0 Å². The number of hydrogen-bond acceptors (Lipinski definition) is 6. The molecule has 0 heterocycles. The minimum atomic E-state index is -9.05. The van der Waals surface area contributed by atoms with Crippen LogP contribution in [0.25, 0.3) is 0 Å². The van der Waals surface area contributed by atoms with E-state index in [1.165, 1.54) is 9.47 Å². The molecule has 49 heavy (non-hydrogen) atoms. The number of carbonyl (C=O) groups excluding carboxylic acids is 2. The number of carbonyl (C=O) groups is 2. The summed E-state index contributed by atoms with van der Waals surface area (Å²) in [5.74, 6) is -18.1. The summed E-state index contributed by atoms with van der Waals surface area (Å²) < 4.78 is 361. The summed E-state index contributed by atoms with van der Waals surface area (Å²) in [6.45, 7) is 0. The van der Waals surface area contributed by atoms with Crippen molar-refractivity contribution < 1.29 is 148 Å². The molecule has 0 aliphatic carbocycles. The fourth-order valence-electron chi connectivity index (χ4n) is 3.42. The van der Waals surface area contributed by atoms with Crippen LogP contribution in [0.3, 0.4) is 0 Å². The molecular weight excluding hydrogens is 801 g/mol. The first kappa shape index (κ1) is 46.0. The van der Waals surface area contributed by atoms with Crippen molar-refractivity contribution in [2.75, 3.05) is 0 Å². The van der Waals surface area contributed by atoms with E-state index in [0.717, 1.165) is 0 Å². The summed E-state index contributed by atoms with van der Waals surface area (Å²) in [4.78, 5) is 23.4. The molecule has 0 aromatic carbocycles. The van der Waals surface area contributed by atoms with Crippen molar-refractivity contribution in [2.45, 2.75) is 78.0 Å². The number of halogens is 27. The SMILES string of the molecule is O=C(OC(C(F)(F)F)(C(F)(F)F)C(O)(C(F)(F)F)C(F)(F)F)C(C(=O)OC(C(F)(F)F)(C(F)(F)F)C(O)(C(F)(F)F)C(F)(F)F)C(F)(F)F. The molecule has 0 spiro atoms. The van der Waals surface area contributed by atoms with Crippen LogP contribution >= 0.6 is 0 Å². The van der Waals surface area contributed by atoms with Gasteiger partial charge in [-0.05, 0) is 0 Å². The Hall–Kier alpha value is -3.03. The predicted octanol–water partition coefficient (Wildman–Crippen LogP) is 6.69. The van der Waals surface area contributed by atoms with Crippen LogP contribution in [0.1, 0.15) is 0 Å². The summed E-state index contributed by atoms with van der Waals surface area (Å²) >= 11 is 0. The highest BCUT2D eigenvalue weighted by Crippen LogP contribution is 2.64. The van der Waals surface area contributed by atoms with Crippen LogP contribution in [0.2, 0.25) is 0 Å². The first-order valence-electron chi connectivity index (χ1n) is 10.1. The highest BCUT2D eigenvalue weighted by molar-refractivity contribution is 5.96. The molecule has 0 amide bonds. The Balaban J connectivity index is 8.37. The van der Waals surface area contributed by atoms with E-state index in [2.05, 4.69) is 0 Å². The zero-order valence-corrected chi connectivity index (χ0v) is 20.8. The van der Waals surface area contributed by atoms with E-state index in [1.807, 2.05) is 0 Å². The molecular formula is C16H3F27O6. The fraction of sp³-hybridized carbons (Fsp3) is 0.875. The van der Waals surface area contributed by atoms with Crippen LogP contribution in [-0.4, -0.2) is 100 Å². The second-order valence-corrected chi connectivity index (χ2v) is 8.58. The molecule has 0 radical (unpaired) electrons. The molecule has 0 aromatic rings.